The Morgan fingerprint density at radius 3 is 2.40 bits per heavy atom. The number of hydrogen-bond acceptors (Lipinski definition) is 7. The van der Waals surface area contributed by atoms with Crippen molar-refractivity contribution in [2.24, 2.45) is 0 Å². The first-order valence-corrected chi connectivity index (χ1v) is 10.6. The van der Waals surface area contributed by atoms with Gasteiger partial charge in [-0.1, -0.05) is 11.3 Å². The normalized spacial score (nSPS) is 14.6. The molecule has 0 aliphatic carbocycles. The molecule has 1 aliphatic heterocycles. The Morgan fingerprint density at radius 2 is 1.70 bits per heavy atom. The molecule has 4 rings (SSSR count). The highest BCUT2D eigenvalue weighted by Gasteiger charge is 2.27. The number of rotatable bonds is 6. The van der Waals surface area contributed by atoms with Gasteiger partial charge in [-0.15, -0.1) is 0 Å². The summed E-state index contributed by atoms with van der Waals surface area (Å²) in [5.74, 6) is 1.91. The van der Waals surface area contributed by atoms with E-state index in [1.807, 2.05) is 23.1 Å². The van der Waals surface area contributed by atoms with Crippen molar-refractivity contribution in [2.75, 3.05) is 34.4 Å². The maximum atomic E-state index is 13.0. The molecule has 1 amide bonds. The van der Waals surface area contributed by atoms with E-state index in [0.717, 1.165) is 28.8 Å². The largest absolute Gasteiger partial charge is 0.497 e. The quantitative estimate of drug-likeness (QED) is 0.591. The summed E-state index contributed by atoms with van der Waals surface area (Å²) in [6, 6.07) is 11.1. The molecule has 30 heavy (non-hydrogen) atoms. The first-order valence-electron chi connectivity index (χ1n) is 9.74. The number of ether oxygens (including phenoxy) is 4. The second-order valence-corrected chi connectivity index (χ2v) is 7.98. The number of fused-ring (bicyclic) bond motifs is 1. The molecular weight excluding hydrogens is 404 g/mol. The lowest BCUT2D eigenvalue weighted by Crippen LogP contribution is -2.41. The average molecular weight is 429 g/mol. The number of thiazole rings is 1. The van der Waals surface area contributed by atoms with Crippen LogP contribution in [-0.4, -0.2) is 56.3 Å². The lowest BCUT2D eigenvalue weighted by atomic mass is 10.1. The second-order valence-electron chi connectivity index (χ2n) is 6.99. The van der Waals surface area contributed by atoms with Gasteiger partial charge in [0.15, 0.2) is 0 Å². The van der Waals surface area contributed by atoms with Gasteiger partial charge in [0.2, 0.25) is 0 Å². The standard InChI is InChI=1S/C22H24N2O5S/c1-26-15-5-7-20-18(12-15)23-22(30-20)29-14-8-10-24(11-9-14)21(25)17-6-4-16(27-2)13-19(17)28-3/h4-7,12-14H,8-11H2,1-3H3. The van der Waals surface area contributed by atoms with Gasteiger partial charge in [-0.3, -0.25) is 4.79 Å². The number of carbonyl (C=O) groups excluding carboxylic acids is 1. The molecule has 0 unspecified atom stereocenters. The number of amides is 1. The summed E-state index contributed by atoms with van der Waals surface area (Å²) < 4.78 is 23.0. The fraction of sp³-hybridized carbons (Fsp3) is 0.364. The Bertz CT molecular complexity index is 1040. The van der Waals surface area contributed by atoms with E-state index < -0.39 is 0 Å². The molecule has 8 heteroatoms. The minimum Gasteiger partial charge on any atom is -0.497 e. The summed E-state index contributed by atoms with van der Waals surface area (Å²) in [6.45, 7) is 1.24. The number of benzene rings is 2. The Balaban J connectivity index is 1.38. The van der Waals surface area contributed by atoms with Crippen molar-refractivity contribution in [3.8, 4) is 22.4 Å². The summed E-state index contributed by atoms with van der Waals surface area (Å²) >= 11 is 1.52. The minimum atomic E-state index is -0.0416. The number of nitrogens with zero attached hydrogens (tertiary/aromatic N) is 2. The Kier molecular flexibility index (Phi) is 5.94. The predicted molar refractivity (Wildman–Crippen MR) is 115 cm³/mol. The van der Waals surface area contributed by atoms with Gasteiger partial charge in [-0.2, -0.15) is 0 Å². The third kappa shape index (κ3) is 4.14. The van der Waals surface area contributed by atoms with Crippen LogP contribution in [0.4, 0.5) is 0 Å². The molecule has 0 saturated carbocycles. The number of carbonyl (C=O) groups is 1. The van der Waals surface area contributed by atoms with Crippen LogP contribution in [0.15, 0.2) is 36.4 Å². The van der Waals surface area contributed by atoms with E-state index in [1.165, 1.54) is 11.3 Å². The third-order valence-corrected chi connectivity index (χ3v) is 6.14. The molecule has 2 heterocycles. The van der Waals surface area contributed by atoms with Gasteiger partial charge in [0.1, 0.15) is 23.4 Å². The van der Waals surface area contributed by atoms with Crippen molar-refractivity contribution in [1.29, 1.82) is 0 Å². The fourth-order valence-corrected chi connectivity index (χ4v) is 4.39. The van der Waals surface area contributed by atoms with E-state index in [-0.39, 0.29) is 12.0 Å². The SMILES string of the molecule is COc1ccc(C(=O)N2CCC(Oc3nc4cc(OC)ccc4s3)CC2)c(OC)c1. The van der Waals surface area contributed by atoms with Crippen LogP contribution >= 0.6 is 11.3 Å². The van der Waals surface area contributed by atoms with Crippen LogP contribution in [0, 0.1) is 0 Å². The van der Waals surface area contributed by atoms with Gasteiger partial charge in [0.25, 0.3) is 11.1 Å². The zero-order chi connectivity index (χ0) is 21.1. The van der Waals surface area contributed by atoms with Crippen molar-refractivity contribution in [1.82, 2.24) is 9.88 Å². The van der Waals surface area contributed by atoms with Crippen LogP contribution in [0.25, 0.3) is 10.2 Å². The van der Waals surface area contributed by atoms with E-state index in [2.05, 4.69) is 4.98 Å². The fourth-order valence-electron chi connectivity index (χ4n) is 3.53. The van der Waals surface area contributed by atoms with Crippen LogP contribution < -0.4 is 18.9 Å². The number of likely N-dealkylation sites (tertiary alicyclic amines) is 1. The summed E-state index contributed by atoms with van der Waals surface area (Å²) in [5.41, 5.74) is 1.41. The van der Waals surface area contributed by atoms with Crippen molar-refractivity contribution in [3.05, 3.63) is 42.0 Å². The molecular formula is C22H24N2O5S. The van der Waals surface area contributed by atoms with Gasteiger partial charge in [0, 0.05) is 38.1 Å². The maximum absolute atomic E-state index is 13.0. The first-order chi connectivity index (χ1) is 14.6. The van der Waals surface area contributed by atoms with Crippen LogP contribution in [0.1, 0.15) is 23.2 Å². The van der Waals surface area contributed by atoms with Crippen molar-refractivity contribution < 1.29 is 23.7 Å². The van der Waals surface area contributed by atoms with E-state index in [9.17, 15) is 4.79 Å². The average Bonchev–Trinajstić information content (AvgIpc) is 3.19. The summed E-state index contributed by atoms with van der Waals surface area (Å²) in [4.78, 5) is 19.4. The van der Waals surface area contributed by atoms with E-state index >= 15 is 0 Å². The minimum absolute atomic E-state index is 0.0364. The Labute approximate surface area is 179 Å². The van der Waals surface area contributed by atoms with Gasteiger partial charge in [-0.05, 0) is 24.3 Å². The molecule has 1 aromatic heterocycles. The highest BCUT2D eigenvalue weighted by Crippen LogP contribution is 2.32. The molecule has 1 saturated heterocycles. The zero-order valence-corrected chi connectivity index (χ0v) is 18.0. The van der Waals surface area contributed by atoms with Crippen LogP contribution in [0.2, 0.25) is 0 Å². The zero-order valence-electron chi connectivity index (χ0n) is 17.2. The number of methoxy groups -OCH3 is 3. The smallest absolute Gasteiger partial charge is 0.274 e. The molecule has 7 nitrogen and oxygen atoms in total. The molecule has 0 spiro atoms. The van der Waals surface area contributed by atoms with Crippen LogP contribution in [0.3, 0.4) is 0 Å². The van der Waals surface area contributed by atoms with Crippen LogP contribution in [-0.2, 0) is 0 Å². The van der Waals surface area contributed by atoms with Crippen LogP contribution in [0.5, 0.6) is 22.4 Å². The Morgan fingerprint density at radius 1 is 1.00 bits per heavy atom. The topological polar surface area (TPSA) is 70.1 Å². The van der Waals surface area contributed by atoms with E-state index in [1.54, 1.807) is 39.5 Å². The van der Waals surface area contributed by atoms with Gasteiger partial charge >= 0.3 is 0 Å². The first kappa shape index (κ1) is 20.3. The predicted octanol–water partition coefficient (Wildman–Crippen LogP) is 4.01. The molecule has 0 bridgehead atoms. The summed E-state index contributed by atoms with van der Waals surface area (Å²) in [6.07, 6.45) is 1.54. The van der Waals surface area contributed by atoms with Crippen molar-refractivity contribution in [2.45, 2.75) is 18.9 Å². The lowest BCUT2D eigenvalue weighted by Gasteiger charge is -2.32. The lowest BCUT2D eigenvalue weighted by molar-refractivity contribution is 0.0592. The Hall–Kier alpha value is -3.00. The third-order valence-electron chi connectivity index (χ3n) is 5.21. The molecule has 1 aliphatic rings. The molecule has 2 aromatic carbocycles. The van der Waals surface area contributed by atoms with Gasteiger partial charge < -0.3 is 23.8 Å². The highest BCUT2D eigenvalue weighted by molar-refractivity contribution is 7.20. The molecule has 1 fully saturated rings. The molecule has 3 aromatic rings. The molecule has 0 atom stereocenters. The van der Waals surface area contributed by atoms with Crippen molar-refractivity contribution >= 4 is 27.5 Å². The monoisotopic (exact) mass is 428 g/mol. The second kappa shape index (κ2) is 8.79. The van der Waals surface area contributed by atoms with E-state index in [0.29, 0.717) is 35.3 Å². The molecule has 158 valence electrons. The van der Waals surface area contributed by atoms with Crippen molar-refractivity contribution in [3.63, 3.8) is 0 Å². The molecule has 0 N–H and O–H groups in total. The van der Waals surface area contributed by atoms with Gasteiger partial charge in [-0.25, -0.2) is 4.98 Å². The maximum Gasteiger partial charge on any atom is 0.274 e. The highest BCUT2D eigenvalue weighted by atomic mass is 32.1. The number of piperidine rings is 1. The molecule has 0 radical (unpaired) electrons. The van der Waals surface area contributed by atoms with Gasteiger partial charge in [0.05, 0.1) is 37.1 Å². The summed E-state index contributed by atoms with van der Waals surface area (Å²) in [7, 11) is 4.78. The number of hydrogen-bond donors (Lipinski definition) is 0. The summed E-state index contributed by atoms with van der Waals surface area (Å²) in [5, 5.41) is 0.653. The van der Waals surface area contributed by atoms with E-state index in [4.69, 9.17) is 18.9 Å². The number of aromatic nitrogens is 1.